The molecule has 0 aromatic heterocycles. The minimum absolute atomic E-state index is 0.516. The topological polar surface area (TPSA) is 15.3 Å². The smallest absolute Gasteiger partial charge is 0.0323 e. The van der Waals surface area contributed by atoms with Crippen LogP contribution in [0.2, 0.25) is 0 Å². The van der Waals surface area contributed by atoms with Crippen molar-refractivity contribution in [2.75, 3.05) is 19.6 Å². The molecular formula is C17H28N2. The second kappa shape index (κ2) is 6.53. The molecule has 0 spiro atoms. The number of rotatable bonds is 3. The molecule has 1 fully saturated rings. The summed E-state index contributed by atoms with van der Waals surface area (Å²) in [5.41, 5.74) is 2.89. The average molecular weight is 260 g/mol. The van der Waals surface area contributed by atoms with E-state index in [1.807, 2.05) is 0 Å². The minimum Gasteiger partial charge on any atom is -0.312 e. The van der Waals surface area contributed by atoms with Crippen molar-refractivity contribution in [1.29, 1.82) is 0 Å². The third kappa shape index (κ3) is 3.58. The maximum absolute atomic E-state index is 3.69. The summed E-state index contributed by atoms with van der Waals surface area (Å²) in [5, 5.41) is 3.69. The van der Waals surface area contributed by atoms with Gasteiger partial charge in [-0.3, -0.25) is 4.90 Å². The highest BCUT2D eigenvalue weighted by Crippen LogP contribution is 2.25. The van der Waals surface area contributed by atoms with Gasteiger partial charge in [0.2, 0.25) is 0 Å². The van der Waals surface area contributed by atoms with Gasteiger partial charge in [-0.1, -0.05) is 38.1 Å². The number of nitrogens with one attached hydrogen (secondary N) is 1. The Kier molecular flexibility index (Phi) is 5.00. The average Bonchev–Trinajstić information content (AvgIpc) is 2.64. The molecule has 0 bridgehead atoms. The SMILES string of the molecule is Cc1ccccc1C(C)N1CCCNC(C(C)C)C1. The first-order valence-corrected chi connectivity index (χ1v) is 7.62. The van der Waals surface area contributed by atoms with Crippen molar-refractivity contribution < 1.29 is 0 Å². The Morgan fingerprint density at radius 3 is 2.63 bits per heavy atom. The van der Waals surface area contributed by atoms with Gasteiger partial charge in [-0.2, -0.15) is 0 Å². The van der Waals surface area contributed by atoms with Crippen molar-refractivity contribution >= 4 is 0 Å². The summed E-state index contributed by atoms with van der Waals surface area (Å²) in [4.78, 5) is 2.65. The molecule has 106 valence electrons. The zero-order chi connectivity index (χ0) is 13.8. The van der Waals surface area contributed by atoms with E-state index in [0.717, 1.165) is 13.1 Å². The van der Waals surface area contributed by atoms with E-state index >= 15 is 0 Å². The molecular weight excluding hydrogens is 232 g/mol. The minimum atomic E-state index is 0.516. The van der Waals surface area contributed by atoms with Gasteiger partial charge in [-0.25, -0.2) is 0 Å². The second-order valence-corrected chi connectivity index (χ2v) is 6.19. The Balaban J connectivity index is 2.13. The first kappa shape index (κ1) is 14.5. The summed E-state index contributed by atoms with van der Waals surface area (Å²) in [6.07, 6.45) is 1.25. The summed E-state index contributed by atoms with van der Waals surface area (Å²) in [6.45, 7) is 12.7. The third-order valence-corrected chi connectivity index (χ3v) is 4.45. The lowest BCUT2D eigenvalue weighted by atomic mass is 9.99. The Morgan fingerprint density at radius 1 is 1.21 bits per heavy atom. The quantitative estimate of drug-likeness (QED) is 0.896. The summed E-state index contributed by atoms with van der Waals surface area (Å²) in [5.74, 6) is 0.699. The largest absolute Gasteiger partial charge is 0.312 e. The van der Waals surface area contributed by atoms with Crippen LogP contribution < -0.4 is 5.32 Å². The van der Waals surface area contributed by atoms with Gasteiger partial charge in [0.15, 0.2) is 0 Å². The van der Waals surface area contributed by atoms with E-state index < -0.39 is 0 Å². The van der Waals surface area contributed by atoms with Gasteiger partial charge >= 0.3 is 0 Å². The Labute approximate surface area is 118 Å². The number of nitrogens with zero attached hydrogens (tertiary/aromatic N) is 1. The van der Waals surface area contributed by atoms with Crippen molar-refractivity contribution in [3.05, 3.63) is 35.4 Å². The van der Waals surface area contributed by atoms with E-state index in [-0.39, 0.29) is 0 Å². The molecule has 1 heterocycles. The lowest BCUT2D eigenvalue weighted by molar-refractivity contribution is 0.192. The summed E-state index contributed by atoms with van der Waals surface area (Å²) >= 11 is 0. The van der Waals surface area contributed by atoms with Crippen LogP contribution in [0, 0.1) is 12.8 Å². The van der Waals surface area contributed by atoms with E-state index in [1.165, 1.54) is 24.1 Å². The van der Waals surface area contributed by atoms with Gasteiger partial charge in [0.1, 0.15) is 0 Å². The van der Waals surface area contributed by atoms with E-state index in [4.69, 9.17) is 0 Å². The van der Waals surface area contributed by atoms with Gasteiger partial charge in [0.05, 0.1) is 0 Å². The molecule has 1 aliphatic heterocycles. The summed E-state index contributed by atoms with van der Waals surface area (Å²) in [6, 6.07) is 9.93. The van der Waals surface area contributed by atoms with Gasteiger partial charge < -0.3 is 5.32 Å². The van der Waals surface area contributed by atoms with Gasteiger partial charge in [0, 0.05) is 25.2 Å². The molecule has 2 unspecified atom stereocenters. The summed E-state index contributed by atoms with van der Waals surface area (Å²) < 4.78 is 0. The molecule has 0 radical (unpaired) electrons. The van der Waals surface area contributed by atoms with Crippen molar-refractivity contribution in [3.8, 4) is 0 Å². The Hall–Kier alpha value is -0.860. The highest BCUT2D eigenvalue weighted by molar-refractivity contribution is 5.28. The van der Waals surface area contributed by atoms with Crippen LogP contribution in [0.15, 0.2) is 24.3 Å². The molecule has 0 amide bonds. The van der Waals surface area contributed by atoms with Crippen LogP contribution >= 0.6 is 0 Å². The number of benzene rings is 1. The maximum Gasteiger partial charge on any atom is 0.0323 e. The first-order chi connectivity index (χ1) is 9.09. The molecule has 1 saturated heterocycles. The predicted molar refractivity (Wildman–Crippen MR) is 82.4 cm³/mol. The molecule has 0 saturated carbocycles. The predicted octanol–water partition coefficient (Wildman–Crippen LogP) is 3.38. The lowest BCUT2D eigenvalue weighted by Gasteiger charge is -2.32. The normalized spacial score (nSPS) is 23.3. The molecule has 2 heteroatoms. The van der Waals surface area contributed by atoms with Crippen LogP contribution in [-0.4, -0.2) is 30.6 Å². The molecule has 2 rings (SSSR count). The van der Waals surface area contributed by atoms with E-state index in [9.17, 15) is 0 Å². The third-order valence-electron chi connectivity index (χ3n) is 4.45. The Morgan fingerprint density at radius 2 is 1.95 bits per heavy atom. The fourth-order valence-electron chi connectivity index (χ4n) is 3.03. The van der Waals surface area contributed by atoms with Crippen molar-refractivity contribution in [2.24, 2.45) is 5.92 Å². The van der Waals surface area contributed by atoms with Crippen LogP contribution in [0.1, 0.15) is 44.4 Å². The van der Waals surface area contributed by atoms with Crippen LogP contribution in [0.5, 0.6) is 0 Å². The first-order valence-electron chi connectivity index (χ1n) is 7.62. The molecule has 1 aromatic carbocycles. The van der Waals surface area contributed by atoms with Gasteiger partial charge in [-0.05, 0) is 43.9 Å². The second-order valence-electron chi connectivity index (χ2n) is 6.19. The highest BCUT2D eigenvalue weighted by Gasteiger charge is 2.24. The van der Waals surface area contributed by atoms with Crippen LogP contribution in [0.4, 0.5) is 0 Å². The molecule has 2 nitrogen and oxygen atoms in total. The molecule has 0 aliphatic carbocycles. The maximum atomic E-state index is 3.69. The van der Waals surface area contributed by atoms with Crippen molar-refractivity contribution in [2.45, 2.75) is 46.2 Å². The van der Waals surface area contributed by atoms with Gasteiger partial charge in [0.25, 0.3) is 0 Å². The standard InChI is InChI=1S/C17H28N2/c1-13(2)17-12-19(11-7-10-18-17)15(4)16-9-6-5-8-14(16)3/h5-6,8-9,13,15,17-18H,7,10-12H2,1-4H3. The fourth-order valence-corrected chi connectivity index (χ4v) is 3.03. The number of aryl methyl sites for hydroxylation is 1. The van der Waals surface area contributed by atoms with E-state index in [0.29, 0.717) is 18.0 Å². The number of hydrogen-bond donors (Lipinski definition) is 1. The zero-order valence-electron chi connectivity index (χ0n) is 12.8. The zero-order valence-corrected chi connectivity index (χ0v) is 12.8. The Bertz CT molecular complexity index is 400. The van der Waals surface area contributed by atoms with E-state index in [1.54, 1.807) is 0 Å². The van der Waals surface area contributed by atoms with Crippen LogP contribution in [-0.2, 0) is 0 Å². The highest BCUT2D eigenvalue weighted by atomic mass is 15.2. The molecule has 19 heavy (non-hydrogen) atoms. The van der Waals surface area contributed by atoms with Gasteiger partial charge in [-0.15, -0.1) is 0 Å². The van der Waals surface area contributed by atoms with E-state index in [2.05, 4.69) is 62.2 Å². The molecule has 1 aliphatic rings. The van der Waals surface area contributed by atoms with Crippen LogP contribution in [0.25, 0.3) is 0 Å². The molecule has 2 atom stereocenters. The lowest BCUT2D eigenvalue weighted by Crippen LogP contribution is -2.42. The fraction of sp³-hybridized carbons (Fsp3) is 0.647. The monoisotopic (exact) mass is 260 g/mol. The molecule has 1 N–H and O–H groups in total. The van der Waals surface area contributed by atoms with Crippen LogP contribution in [0.3, 0.4) is 0 Å². The number of hydrogen-bond acceptors (Lipinski definition) is 2. The van der Waals surface area contributed by atoms with Crippen molar-refractivity contribution in [3.63, 3.8) is 0 Å². The molecule has 1 aromatic rings. The van der Waals surface area contributed by atoms with Crippen molar-refractivity contribution in [1.82, 2.24) is 10.2 Å². The summed E-state index contributed by atoms with van der Waals surface area (Å²) in [7, 11) is 0.